The highest BCUT2D eigenvalue weighted by Gasteiger charge is 2.23. The molecule has 0 atom stereocenters. The molecule has 0 unspecified atom stereocenters. The van der Waals surface area contributed by atoms with Crippen molar-refractivity contribution in [2.75, 3.05) is 38.4 Å². The van der Waals surface area contributed by atoms with Crippen molar-refractivity contribution >= 4 is 55.4 Å². The van der Waals surface area contributed by atoms with Crippen LogP contribution < -0.4 is 25.2 Å². The lowest BCUT2D eigenvalue weighted by molar-refractivity contribution is -0.149. The van der Waals surface area contributed by atoms with Crippen molar-refractivity contribution in [1.82, 2.24) is 24.2 Å². The Morgan fingerprint density at radius 3 is 2.65 bits per heavy atom. The number of sulfonamides is 1. The summed E-state index contributed by atoms with van der Waals surface area (Å²) in [6, 6.07) is 13.3. The van der Waals surface area contributed by atoms with Crippen LogP contribution >= 0.6 is 11.3 Å². The van der Waals surface area contributed by atoms with E-state index in [2.05, 4.69) is 20.0 Å². The van der Waals surface area contributed by atoms with Crippen molar-refractivity contribution < 1.29 is 41.7 Å². The van der Waals surface area contributed by atoms with Crippen LogP contribution in [0.5, 0.6) is 11.5 Å². The lowest BCUT2D eigenvalue weighted by atomic mass is 10.2. The van der Waals surface area contributed by atoms with Crippen LogP contribution in [-0.2, 0) is 42.2 Å². The number of benzene rings is 2. The number of esters is 1. The van der Waals surface area contributed by atoms with Gasteiger partial charge in [0.05, 0.1) is 16.8 Å². The molecule has 0 saturated carbocycles. The van der Waals surface area contributed by atoms with Crippen LogP contribution in [0.1, 0.15) is 12.5 Å². The Labute approximate surface area is 265 Å². The van der Waals surface area contributed by atoms with Crippen LogP contribution in [0.4, 0.5) is 10.6 Å². The molecule has 5 rings (SSSR count). The second-order valence-electron chi connectivity index (χ2n) is 9.58. The van der Waals surface area contributed by atoms with Crippen molar-refractivity contribution in [3.8, 4) is 11.5 Å². The first-order valence-electron chi connectivity index (χ1n) is 13.8. The standard InChI is InChI=1S/C28H28N6O10S2/c1-2-41-25(36)15-33(12-10-29-46(39,40)28-30-19-5-3-4-6-22(19)45-28)24(35)14-34-11-9-23(31-26(34)37)32-27(38)42-16-18-7-8-20-21(13-18)44-17-43-20/h3-9,11,13,29H,2,10,12,14-17H2,1H3,(H,31,32,37,38). The predicted molar refractivity (Wildman–Crippen MR) is 163 cm³/mol. The minimum Gasteiger partial charge on any atom is -0.465 e. The fourth-order valence-electron chi connectivity index (χ4n) is 4.18. The van der Waals surface area contributed by atoms with Gasteiger partial charge in [-0.2, -0.15) is 4.98 Å². The lowest BCUT2D eigenvalue weighted by Gasteiger charge is -2.22. The lowest BCUT2D eigenvalue weighted by Crippen LogP contribution is -2.44. The number of carbonyl (C=O) groups is 3. The second-order valence-corrected chi connectivity index (χ2v) is 12.5. The highest BCUT2D eigenvalue weighted by molar-refractivity contribution is 7.91. The number of thiazole rings is 1. The molecule has 2 N–H and O–H groups in total. The largest absolute Gasteiger partial charge is 0.465 e. The molecule has 3 heterocycles. The molecule has 18 heteroatoms. The summed E-state index contributed by atoms with van der Waals surface area (Å²) >= 11 is 0.996. The van der Waals surface area contributed by atoms with Gasteiger partial charge >= 0.3 is 17.8 Å². The van der Waals surface area contributed by atoms with Crippen molar-refractivity contribution in [3.05, 3.63) is 70.8 Å². The number of nitrogens with one attached hydrogen (secondary N) is 2. The topological polar surface area (TPSA) is 197 Å². The fraction of sp³-hybridized carbons (Fsp3) is 0.286. The number of aromatic nitrogens is 3. The van der Waals surface area contributed by atoms with Gasteiger partial charge in [-0.3, -0.25) is 19.5 Å². The van der Waals surface area contributed by atoms with Crippen LogP contribution in [0.3, 0.4) is 0 Å². The number of hydrogen-bond acceptors (Lipinski definition) is 13. The van der Waals surface area contributed by atoms with Crippen LogP contribution in [0.25, 0.3) is 10.2 Å². The van der Waals surface area contributed by atoms with Gasteiger partial charge in [0.25, 0.3) is 10.0 Å². The molecule has 242 valence electrons. The van der Waals surface area contributed by atoms with E-state index in [0.717, 1.165) is 20.8 Å². The third-order valence-corrected chi connectivity index (χ3v) is 9.25. The molecule has 0 aliphatic carbocycles. The molecule has 46 heavy (non-hydrogen) atoms. The summed E-state index contributed by atoms with van der Waals surface area (Å²) in [7, 11) is -4.00. The van der Waals surface area contributed by atoms with Crippen LogP contribution in [0, 0.1) is 0 Å². The van der Waals surface area contributed by atoms with Gasteiger partial charge in [-0.25, -0.2) is 27.7 Å². The normalized spacial score (nSPS) is 12.1. The van der Waals surface area contributed by atoms with Gasteiger partial charge in [0, 0.05) is 19.3 Å². The molecule has 1 aliphatic heterocycles. The fourth-order valence-corrected chi connectivity index (χ4v) is 6.47. The average Bonchev–Trinajstić information content (AvgIpc) is 3.68. The number of para-hydroxylation sites is 1. The van der Waals surface area contributed by atoms with Gasteiger partial charge < -0.3 is 23.8 Å². The van der Waals surface area contributed by atoms with Crippen LogP contribution in [-0.4, -0.2) is 78.9 Å². The molecule has 0 radical (unpaired) electrons. The molecule has 0 saturated heterocycles. The van der Waals surface area contributed by atoms with Crippen LogP contribution in [0.15, 0.2) is 63.9 Å². The summed E-state index contributed by atoms with van der Waals surface area (Å²) in [5.74, 6) is -0.385. The van der Waals surface area contributed by atoms with E-state index in [4.69, 9.17) is 18.9 Å². The average molecular weight is 673 g/mol. The summed E-state index contributed by atoms with van der Waals surface area (Å²) in [4.78, 5) is 59.2. The number of nitrogens with zero attached hydrogens (tertiary/aromatic N) is 4. The quantitative estimate of drug-likeness (QED) is 0.195. The SMILES string of the molecule is CCOC(=O)CN(CCNS(=O)(=O)c1nc2ccccc2s1)C(=O)Cn1ccc(NC(=O)OCc2ccc3c(c2)OCO3)nc1=O. The Balaban J connectivity index is 1.17. The van der Waals surface area contributed by atoms with Crippen molar-refractivity contribution in [3.63, 3.8) is 0 Å². The third kappa shape index (κ3) is 8.14. The smallest absolute Gasteiger partial charge is 0.413 e. The summed E-state index contributed by atoms with van der Waals surface area (Å²) in [6.45, 7) is 0.247. The zero-order valence-corrected chi connectivity index (χ0v) is 26.0. The molecule has 16 nitrogen and oxygen atoms in total. The Bertz CT molecular complexity index is 1890. The Hall–Kier alpha value is -5.07. The van der Waals surface area contributed by atoms with Gasteiger partial charge in [0.2, 0.25) is 17.0 Å². The Kier molecular flexibility index (Phi) is 10.1. The molecular weight excluding hydrogens is 644 g/mol. The number of rotatable bonds is 13. The van der Waals surface area contributed by atoms with Gasteiger partial charge in [-0.15, -0.1) is 11.3 Å². The summed E-state index contributed by atoms with van der Waals surface area (Å²) in [5, 5.41) is 2.35. The van der Waals surface area contributed by atoms with E-state index in [1.807, 2.05) is 0 Å². The number of ether oxygens (including phenoxy) is 4. The van der Waals surface area contributed by atoms with E-state index in [-0.39, 0.29) is 43.3 Å². The van der Waals surface area contributed by atoms with E-state index in [1.54, 1.807) is 49.4 Å². The first kappa shape index (κ1) is 32.3. The predicted octanol–water partition coefficient (Wildman–Crippen LogP) is 1.70. The highest BCUT2D eigenvalue weighted by Crippen LogP contribution is 2.32. The Morgan fingerprint density at radius 2 is 1.87 bits per heavy atom. The van der Waals surface area contributed by atoms with Crippen LogP contribution in [0.2, 0.25) is 0 Å². The summed E-state index contributed by atoms with van der Waals surface area (Å²) < 4.78 is 50.2. The van der Waals surface area contributed by atoms with E-state index >= 15 is 0 Å². The molecule has 2 aromatic carbocycles. The molecular formula is C28H28N6O10S2. The number of anilines is 1. The zero-order chi connectivity index (χ0) is 32.7. The Morgan fingerprint density at radius 1 is 1.07 bits per heavy atom. The van der Waals surface area contributed by atoms with Gasteiger partial charge in [-0.1, -0.05) is 18.2 Å². The molecule has 2 aromatic heterocycles. The molecule has 4 aromatic rings. The number of amides is 2. The van der Waals surface area contributed by atoms with E-state index < -0.39 is 46.8 Å². The summed E-state index contributed by atoms with van der Waals surface area (Å²) in [5.41, 5.74) is 0.318. The molecule has 0 spiro atoms. The van der Waals surface area contributed by atoms with Gasteiger partial charge in [0.1, 0.15) is 25.5 Å². The van der Waals surface area contributed by atoms with E-state index in [9.17, 15) is 27.6 Å². The zero-order valence-electron chi connectivity index (χ0n) is 24.3. The molecule has 0 bridgehead atoms. The highest BCUT2D eigenvalue weighted by atomic mass is 32.2. The first-order chi connectivity index (χ1) is 22.1. The molecule has 2 amide bonds. The maximum absolute atomic E-state index is 13.1. The van der Waals surface area contributed by atoms with E-state index in [1.165, 1.54) is 12.3 Å². The van der Waals surface area contributed by atoms with Crippen molar-refractivity contribution in [1.29, 1.82) is 0 Å². The monoisotopic (exact) mass is 672 g/mol. The number of hydrogen-bond donors (Lipinski definition) is 2. The summed E-state index contributed by atoms with van der Waals surface area (Å²) in [6.07, 6.45) is 0.367. The number of fused-ring (bicyclic) bond motifs is 2. The van der Waals surface area contributed by atoms with Gasteiger partial charge in [-0.05, 0) is 42.8 Å². The second kappa shape index (κ2) is 14.4. The minimum atomic E-state index is -4.00. The van der Waals surface area contributed by atoms with E-state index in [0.29, 0.717) is 27.3 Å². The maximum atomic E-state index is 13.1. The minimum absolute atomic E-state index is 0.0715. The van der Waals surface area contributed by atoms with Gasteiger partial charge in [0.15, 0.2) is 11.5 Å². The third-order valence-electron chi connectivity index (χ3n) is 6.37. The molecule has 0 fully saturated rings. The first-order valence-corrected chi connectivity index (χ1v) is 16.1. The van der Waals surface area contributed by atoms with Crippen molar-refractivity contribution in [2.45, 2.75) is 24.4 Å². The maximum Gasteiger partial charge on any atom is 0.413 e. The van der Waals surface area contributed by atoms with Crippen molar-refractivity contribution in [2.24, 2.45) is 0 Å². The molecule has 1 aliphatic rings. The number of carbonyl (C=O) groups excluding carboxylic acids is 3.